The molecule has 1 aliphatic heterocycles. The van der Waals surface area contributed by atoms with E-state index in [9.17, 15) is 24.4 Å². The molecule has 224 valence electrons. The Bertz CT molecular complexity index is 1390. The number of hydrogen-bond donors (Lipinski definition) is 4. The number of ketones is 1. The molecule has 3 atom stereocenters. The van der Waals surface area contributed by atoms with Gasteiger partial charge in [-0.3, -0.25) is 39.5 Å². The van der Waals surface area contributed by atoms with Crippen LogP contribution in [0.4, 0.5) is 0 Å². The number of benzene rings is 2. The van der Waals surface area contributed by atoms with Crippen LogP contribution in [0.2, 0.25) is 0 Å². The predicted octanol–water partition coefficient (Wildman–Crippen LogP) is 3.97. The zero-order chi connectivity index (χ0) is 31.2. The van der Waals surface area contributed by atoms with Crippen molar-refractivity contribution in [3.63, 3.8) is 0 Å². The van der Waals surface area contributed by atoms with E-state index in [0.29, 0.717) is 6.42 Å². The maximum absolute atomic E-state index is 15.1. The summed E-state index contributed by atoms with van der Waals surface area (Å²) >= 11 is 0. The summed E-state index contributed by atoms with van der Waals surface area (Å²) < 4.78 is 0. The van der Waals surface area contributed by atoms with Crippen LogP contribution in [0.1, 0.15) is 85.2 Å². The molecule has 3 rings (SSSR count). The lowest BCUT2D eigenvalue weighted by atomic mass is 9.63. The molecule has 0 radical (unpaired) electrons. The van der Waals surface area contributed by atoms with Gasteiger partial charge < -0.3 is 0 Å². The molecular weight excluding hydrogens is 536 g/mol. The highest BCUT2D eigenvalue weighted by atomic mass is 16.5. The summed E-state index contributed by atoms with van der Waals surface area (Å²) in [5, 5.41) is 9.84. The van der Waals surface area contributed by atoms with E-state index in [1.165, 1.54) is 13.0 Å². The van der Waals surface area contributed by atoms with Crippen molar-refractivity contribution in [2.75, 3.05) is 0 Å². The number of nitrogens with one attached hydrogen (secondary N) is 2. The number of imide groups is 1. The molecule has 0 aliphatic carbocycles. The Kier molecular flexibility index (Phi) is 10.2. The molecule has 0 saturated heterocycles. The van der Waals surface area contributed by atoms with Crippen LogP contribution in [-0.4, -0.2) is 45.1 Å². The van der Waals surface area contributed by atoms with E-state index < -0.39 is 46.3 Å². The van der Waals surface area contributed by atoms with Crippen LogP contribution in [0.25, 0.3) is 6.08 Å². The fourth-order valence-corrected chi connectivity index (χ4v) is 6.13. The van der Waals surface area contributed by atoms with E-state index in [2.05, 4.69) is 5.43 Å². The molecule has 1 heterocycles. The fourth-order valence-electron chi connectivity index (χ4n) is 6.13. The average molecular weight is 577 g/mol. The molecule has 2 aromatic carbocycles. The number of allylic oxidation sites excluding steroid dienone is 1. The lowest BCUT2D eigenvalue weighted by Gasteiger charge is -2.46. The minimum atomic E-state index is -2.20. The van der Waals surface area contributed by atoms with E-state index in [0.717, 1.165) is 16.0 Å². The summed E-state index contributed by atoms with van der Waals surface area (Å²) in [5.41, 5.74) is 1.48. The molecule has 0 bridgehead atoms. The number of nitrogens with two attached hydrogens (primary N) is 1. The second kappa shape index (κ2) is 13.2. The number of amides is 4. The first-order valence-corrected chi connectivity index (χ1v) is 14.1. The minimum Gasteiger partial charge on any atom is -0.296 e. The number of aryl methyl sites for hydroxylation is 1. The Morgan fingerprint density at radius 2 is 1.69 bits per heavy atom. The Hall–Kier alpha value is -4.15. The van der Waals surface area contributed by atoms with Gasteiger partial charge in [0.2, 0.25) is 11.8 Å². The van der Waals surface area contributed by atoms with Crippen molar-refractivity contribution in [3.8, 4) is 0 Å². The van der Waals surface area contributed by atoms with Crippen LogP contribution in [0, 0.1) is 24.2 Å². The van der Waals surface area contributed by atoms with Crippen LogP contribution < -0.4 is 16.7 Å². The van der Waals surface area contributed by atoms with Gasteiger partial charge in [0, 0.05) is 0 Å². The molecule has 10 nitrogen and oxygen atoms in total. The molecule has 5 N–H and O–H groups in total. The van der Waals surface area contributed by atoms with Gasteiger partial charge in [0.05, 0.1) is 17.0 Å². The van der Waals surface area contributed by atoms with E-state index in [1.54, 1.807) is 43.6 Å². The molecule has 0 aromatic heterocycles. The monoisotopic (exact) mass is 576 g/mol. The number of carbonyl (C=O) groups is 5. The SMILES string of the molecule is CCCC(CC(C)C)(C(=O)NN)C(=O)[C@](C)([C@H](C/C=C/c1ccccc1)C(=O)NO)N1C(=O)c2ccc(C)cc2C1=O. The second-order valence-corrected chi connectivity index (χ2v) is 11.5. The van der Waals surface area contributed by atoms with E-state index >= 15 is 4.79 Å². The third kappa shape index (κ3) is 5.91. The predicted molar refractivity (Wildman–Crippen MR) is 158 cm³/mol. The summed E-state index contributed by atoms with van der Waals surface area (Å²) in [4.78, 5) is 70.7. The standard InChI is InChI=1S/C32H40N4O6/c1-6-17-32(19-20(2)3,30(41)34-33)29(40)31(5,36-27(38)23-16-15-21(4)18-24(23)28(36)39)25(26(37)35-42)14-10-13-22-11-8-7-9-12-22/h7-13,15-16,18,20,25,42H,6,14,17,19,33H2,1-5H3,(H,34,41)(H,35,37)/b13-10+/t25-,31+,32?/m1/s1. The van der Waals surface area contributed by atoms with Crippen LogP contribution in [0.3, 0.4) is 0 Å². The van der Waals surface area contributed by atoms with Crippen LogP contribution in [0.15, 0.2) is 54.6 Å². The van der Waals surface area contributed by atoms with Gasteiger partial charge in [-0.05, 0) is 56.7 Å². The first kappa shape index (κ1) is 32.4. The zero-order valence-corrected chi connectivity index (χ0v) is 24.8. The van der Waals surface area contributed by atoms with Gasteiger partial charge in [-0.15, -0.1) is 0 Å². The third-order valence-electron chi connectivity index (χ3n) is 7.99. The Balaban J connectivity index is 2.31. The van der Waals surface area contributed by atoms with Crippen molar-refractivity contribution >= 4 is 35.5 Å². The number of hydroxylamine groups is 1. The Morgan fingerprint density at radius 3 is 2.26 bits per heavy atom. The van der Waals surface area contributed by atoms with Gasteiger partial charge in [0.25, 0.3) is 11.8 Å². The molecular formula is C32H40N4O6. The maximum atomic E-state index is 15.1. The maximum Gasteiger partial charge on any atom is 0.262 e. The molecule has 10 heteroatoms. The number of rotatable bonds is 13. The lowest BCUT2D eigenvalue weighted by molar-refractivity contribution is -0.156. The normalized spacial score (nSPS) is 16.6. The largest absolute Gasteiger partial charge is 0.296 e. The zero-order valence-electron chi connectivity index (χ0n) is 24.8. The fraction of sp³-hybridized carbons (Fsp3) is 0.406. The second-order valence-electron chi connectivity index (χ2n) is 11.5. The lowest BCUT2D eigenvalue weighted by Crippen LogP contribution is -2.68. The van der Waals surface area contributed by atoms with Crippen molar-refractivity contribution in [1.29, 1.82) is 0 Å². The highest BCUT2D eigenvalue weighted by molar-refractivity contribution is 6.25. The van der Waals surface area contributed by atoms with E-state index in [4.69, 9.17) is 5.84 Å². The highest BCUT2D eigenvalue weighted by Gasteiger charge is 2.62. The van der Waals surface area contributed by atoms with E-state index in [-0.39, 0.29) is 36.3 Å². The molecule has 1 aliphatic rings. The Labute approximate surface area is 246 Å². The quantitative estimate of drug-likeness (QED) is 0.0701. The summed E-state index contributed by atoms with van der Waals surface area (Å²) in [6, 6.07) is 13.9. The summed E-state index contributed by atoms with van der Waals surface area (Å²) in [6.07, 6.45) is 3.72. The molecule has 42 heavy (non-hydrogen) atoms. The van der Waals surface area contributed by atoms with Crippen molar-refractivity contribution in [3.05, 3.63) is 76.9 Å². The summed E-state index contributed by atoms with van der Waals surface area (Å²) in [5.74, 6) is -0.116. The topological polar surface area (TPSA) is 159 Å². The molecule has 0 saturated carbocycles. The van der Waals surface area contributed by atoms with Crippen LogP contribution >= 0.6 is 0 Å². The number of hydrazine groups is 1. The summed E-state index contributed by atoms with van der Waals surface area (Å²) in [6.45, 7) is 8.57. The number of Topliss-reactive ketones (excluding diaryl/α,β-unsaturated/α-hetero) is 1. The van der Waals surface area contributed by atoms with Crippen LogP contribution in [0.5, 0.6) is 0 Å². The van der Waals surface area contributed by atoms with Gasteiger partial charge in [-0.25, -0.2) is 11.3 Å². The molecule has 0 spiro atoms. The first-order valence-electron chi connectivity index (χ1n) is 14.1. The third-order valence-corrected chi connectivity index (χ3v) is 7.99. The van der Waals surface area contributed by atoms with Crippen molar-refractivity contribution < 1.29 is 29.2 Å². The molecule has 1 unspecified atom stereocenters. The first-order chi connectivity index (χ1) is 19.9. The number of hydrogen-bond acceptors (Lipinski definition) is 7. The number of carbonyl (C=O) groups excluding carboxylic acids is 5. The highest BCUT2D eigenvalue weighted by Crippen LogP contribution is 2.45. The summed E-state index contributed by atoms with van der Waals surface area (Å²) in [7, 11) is 0. The number of fused-ring (bicyclic) bond motifs is 1. The van der Waals surface area contributed by atoms with Gasteiger partial charge in [0.1, 0.15) is 11.0 Å². The van der Waals surface area contributed by atoms with Gasteiger partial charge in [0.15, 0.2) is 5.78 Å². The molecule has 4 amide bonds. The van der Waals surface area contributed by atoms with Crippen LogP contribution in [-0.2, 0) is 14.4 Å². The van der Waals surface area contributed by atoms with Crippen molar-refractivity contribution in [1.82, 2.24) is 15.8 Å². The van der Waals surface area contributed by atoms with Gasteiger partial charge in [-0.2, -0.15) is 0 Å². The molecule has 2 aromatic rings. The van der Waals surface area contributed by atoms with Crippen molar-refractivity contribution in [2.24, 2.45) is 23.1 Å². The van der Waals surface area contributed by atoms with Gasteiger partial charge in [-0.1, -0.05) is 81.3 Å². The Morgan fingerprint density at radius 1 is 1.05 bits per heavy atom. The van der Waals surface area contributed by atoms with Crippen molar-refractivity contribution in [2.45, 2.75) is 65.8 Å². The minimum absolute atomic E-state index is 0.0495. The van der Waals surface area contributed by atoms with E-state index in [1.807, 2.05) is 44.2 Å². The molecule has 0 fully saturated rings. The van der Waals surface area contributed by atoms with Gasteiger partial charge >= 0.3 is 0 Å². The average Bonchev–Trinajstić information content (AvgIpc) is 3.22. The smallest absolute Gasteiger partial charge is 0.262 e. The number of nitrogens with zero attached hydrogens (tertiary/aromatic N) is 1.